The third-order valence-corrected chi connectivity index (χ3v) is 3.59. The van der Waals surface area contributed by atoms with E-state index < -0.39 is 0 Å². The van der Waals surface area contributed by atoms with Gasteiger partial charge in [0.25, 0.3) is 0 Å². The zero-order valence-electron chi connectivity index (χ0n) is 13.1. The van der Waals surface area contributed by atoms with Gasteiger partial charge in [-0.2, -0.15) is 0 Å². The second-order valence-electron chi connectivity index (χ2n) is 5.34. The molecule has 1 unspecified atom stereocenters. The molecule has 7 heteroatoms. The first-order chi connectivity index (χ1) is 11.2. The summed E-state index contributed by atoms with van der Waals surface area (Å²) in [5.74, 6) is 2.43. The molecular formula is C16H19N3O4. The first kappa shape index (κ1) is 15.4. The fraction of sp³-hybridized carbons (Fsp3) is 0.375. The summed E-state index contributed by atoms with van der Waals surface area (Å²) in [5.41, 5.74) is 1.03. The summed E-state index contributed by atoms with van der Waals surface area (Å²) in [6.45, 7) is 4.53. The van der Waals surface area contributed by atoms with Crippen LogP contribution in [-0.2, 0) is 11.3 Å². The van der Waals surface area contributed by atoms with E-state index in [4.69, 9.17) is 14.0 Å². The molecule has 1 atom stereocenters. The number of ether oxygens (including phenoxy) is 2. The van der Waals surface area contributed by atoms with E-state index in [1.807, 2.05) is 25.1 Å². The van der Waals surface area contributed by atoms with Crippen LogP contribution in [0.1, 0.15) is 24.7 Å². The largest absolute Gasteiger partial charge is 0.454 e. The van der Waals surface area contributed by atoms with Crippen LogP contribution in [0.15, 0.2) is 28.8 Å². The highest BCUT2D eigenvalue weighted by Gasteiger charge is 2.18. The lowest BCUT2D eigenvalue weighted by Crippen LogP contribution is -2.39. The zero-order chi connectivity index (χ0) is 16.2. The van der Waals surface area contributed by atoms with Crippen LogP contribution in [0.25, 0.3) is 0 Å². The molecule has 2 N–H and O–H groups in total. The van der Waals surface area contributed by atoms with Crippen LogP contribution in [0, 0.1) is 6.92 Å². The molecule has 1 aliphatic rings. The van der Waals surface area contributed by atoms with Gasteiger partial charge in [0.2, 0.25) is 12.7 Å². The summed E-state index contributed by atoms with van der Waals surface area (Å²) in [5, 5.41) is 9.74. The number of hydrogen-bond donors (Lipinski definition) is 2. The van der Waals surface area contributed by atoms with Crippen molar-refractivity contribution in [2.75, 3.05) is 12.1 Å². The molecule has 23 heavy (non-hydrogen) atoms. The van der Waals surface area contributed by atoms with E-state index in [9.17, 15) is 4.79 Å². The number of carbonyl (C=O) groups is 1. The van der Waals surface area contributed by atoms with Gasteiger partial charge in [-0.1, -0.05) is 18.1 Å². The van der Waals surface area contributed by atoms with Crippen LogP contribution in [0.2, 0.25) is 0 Å². The van der Waals surface area contributed by atoms with Gasteiger partial charge in [-0.3, -0.25) is 4.79 Å². The molecule has 0 fully saturated rings. The SMILES string of the molecule is CCC(NCc1ccc2c(c1)OCO2)C(=O)Nc1cc(C)on1. The predicted molar refractivity (Wildman–Crippen MR) is 83.4 cm³/mol. The molecule has 1 aromatic carbocycles. The quantitative estimate of drug-likeness (QED) is 0.849. The van der Waals surface area contributed by atoms with Crippen molar-refractivity contribution in [3.63, 3.8) is 0 Å². The highest BCUT2D eigenvalue weighted by molar-refractivity contribution is 5.93. The minimum atomic E-state index is -0.322. The molecule has 2 aromatic rings. The summed E-state index contributed by atoms with van der Waals surface area (Å²) < 4.78 is 15.6. The second-order valence-corrected chi connectivity index (χ2v) is 5.34. The van der Waals surface area contributed by atoms with Crippen molar-refractivity contribution in [1.29, 1.82) is 0 Å². The van der Waals surface area contributed by atoms with Gasteiger partial charge in [0.15, 0.2) is 17.3 Å². The Bertz CT molecular complexity index is 698. The number of benzene rings is 1. The smallest absolute Gasteiger partial charge is 0.242 e. The van der Waals surface area contributed by atoms with Gasteiger partial charge < -0.3 is 24.6 Å². The van der Waals surface area contributed by atoms with E-state index in [0.717, 1.165) is 17.1 Å². The molecule has 122 valence electrons. The number of anilines is 1. The van der Waals surface area contributed by atoms with Crippen molar-refractivity contribution < 1.29 is 18.8 Å². The Labute approximate surface area is 133 Å². The minimum absolute atomic E-state index is 0.137. The maximum atomic E-state index is 12.3. The van der Waals surface area contributed by atoms with Crippen LogP contribution < -0.4 is 20.1 Å². The average Bonchev–Trinajstić information content (AvgIpc) is 3.16. The van der Waals surface area contributed by atoms with Gasteiger partial charge in [0, 0.05) is 12.6 Å². The fourth-order valence-electron chi connectivity index (χ4n) is 2.35. The van der Waals surface area contributed by atoms with Crippen molar-refractivity contribution in [3.8, 4) is 11.5 Å². The van der Waals surface area contributed by atoms with E-state index in [-0.39, 0.29) is 18.7 Å². The van der Waals surface area contributed by atoms with Gasteiger partial charge in [0.1, 0.15) is 5.76 Å². The number of carbonyl (C=O) groups excluding carboxylic acids is 1. The van der Waals surface area contributed by atoms with E-state index in [1.165, 1.54) is 0 Å². The number of hydrogen-bond acceptors (Lipinski definition) is 6. The highest BCUT2D eigenvalue weighted by Crippen LogP contribution is 2.32. The summed E-state index contributed by atoms with van der Waals surface area (Å²) in [7, 11) is 0. The van der Waals surface area contributed by atoms with Crippen LogP contribution >= 0.6 is 0 Å². The monoisotopic (exact) mass is 317 g/mol. The first-order valence-electron chi connectivity index (χ1n) is 7.52. The van der Waals surface area contributed by atoms with E-state index in [2.05, 4.69) is 15.8 Å². The molecule has 0 aliphatic carbocycles. The van der Waals surface area contributed by atoms with Crippen LogP contribution in [0.4, 0.5) is 5.82 Å². The Balaban J connectivity index is 1.57. The Morgan fingerprint density at radius 3 is 2.87 bits per heavy atom. The Kier molecular flexibility index (Phi) is 4.47. The zero-order valence-corrected chi connectivity index (χ0v) is 13.1. The first-order valence-corrected chi connectivity index (χ1v) is 7.52. The number of fused-ring (bicyclic) bond motifs is 1. The van der Waals surface area contributed by atoms with Gasteiger partial charge >= 0.3 is 0 Å². The molecule has 1 aliphatic heterocycles. The molecule has 1 amide bonds. The Morgan fingerprint density at radius 2 is 2.13 bits per heavy atom. The highest BCUT2D eigenvalue weighted by atomic mass is 16.7. The lowest BCUT2D eigenvalue weighted by atomic mass is 10.1. The van der Waals surface area contributed by atoms with Crippen molar-refractivity contribution in [2.24, 2.45) is 0 Å². The van der Waals surface area contributed by atoms with Gasteiger partial charge in [0.05, 0.1) is 6.04 Å². The molecule has 0 saturated heterocycles. The maximum absolute atomic E-state index is 12.3. The number of nitrogens with zero attached hydrogens (tertiary/aromatic N) is 1. The third-order valence-electron chi connectivity index (χ3n) is 3.59. The normalized spacial score (nSPS) is 13.8. The van der Waals surface area contributed by atoms with Crippen molar-refractivity contribution in [2.45, 2.75) is 32.9 Å². The summed E-state index contributed by atoms with van der Waals surface area (Å²) in [6, 6.07) is 7.10. The lowest BCUT2D eigenvalue weighted by molar-refractivity contribution is -0.118. The van der Waals surface area contributed by atoms with E-state index in [1.54, 1.807) is 13.0 Å². The molecule has 0 radical (unpaired) electrons. The lowest BCUT2D eigenvalue weighted by Gasteiger charge is -2.16. The maximum Gasteiger partial charge on any atom is 0.242 e. The third kappa shape index (κ3) is 3.62. The summed E-state index contributed by atoms with van der Waals surface area (Å²) in [6.07, 6.45) is 0.660. The molecule has 0 saturated carbocycles. The Hall–Kier alpha value is -2.54. The van der Waals surface area contributed by atoms with Crippen molar-refractivity contribution >= 4 is 11.7 Å². The van der Waals surface area contributed by atoms with E-state index >= 15 is 0 Å². The van der Waals surface area contributed by atoms with Crippen LogP contribution in [0.5, 0.6) is 11.5 Å². The van der Waals surface area contributed by atoms with Crippen molar-refractivity contribution in [1.82, 2.24) is 10.5 Å². The topological polar surface area (TPSA) is 85.6 Å². The fourth-order valence-corrected chi connectivity index (χ4v) is 2.35. The van der Waals surface area contributed by atoms with Crippen molar-refractivity contribution in [3.05, 3.63) is 35.6 Å². The Morgan fingerprint density at radius 1 is 1.30 bits per heavy atom. The summed E-state index contributed by atoms with van der Waals surface area (Å²) >= 11 is 0. The molecule has 3 rings (SSSR count). The molecule has 0 spiro atoms. The predicted octanol–water partition coefficient (Wildman–Crippen LogP) is 2.22. The number of aromatic nitrogens is 1. The molecule has 2 heterocycles. The van der Waals surface area contributed by atoms with Gasteiger partial charge in [-0.05, 0) is 31.0 Å². The second kappa shape index (κ2) is 6.70. The molecule has 0 bridgehead atoms. The van der Waals surface area contributed by atoms with Crippen LogP contribution in [-0.4, -0.2) is 23.9 Å². The number of rotatable bonds is 6. The molecule has 7 nitrogen and oxygen atoms in total. The number of amides is 1. The number of nitrogens with one attached hydrogen (secondary N) is 2. The average molecular weight is 317 g/mol. The number of aryl methyl sites for hydroxylation is 1. The molecule has 1 aromatic heterocycles. The van der Waals surface area contributed by atoms with Gasteiger partial charge in [-0.25, -0.2) is 0 Å². The van der Waals surface area contributed by atoms with Crippen LogP contribution in [0.3, 0.4) is 0 Å². The van der Waals surface area contributed by atoms with E-state index in [0.29, 0.717) is 24.5 Å². The molecular weight excluding hydrogens is 298 g/mol. The van der Waals surface area contributed by atoms with Gasteiger partial charge in [-0.15, -0.1) is 0 Å². The minimum Gasteiger partial charge on any atom is -0.454 e. The summed E-state index contributed by atoms with van der Waals surface area (Å²) in [4.78, 5) is 12.3. The standard InChI is InChI=1S/C16H19N3O4/c1-3-12(16(20)18-15-6-10(2)23-19-15)17-8-11-4-5-13-14(7-11)22-9-21-13/h4-7,12,17H,3,8-9H2,1-2H3,(H,18,19,20).